The van der Waals surface area contributed by atoms with Crippen LogP contribution in [0.4, 0.5) is 5.69 Å². The van der Waals surface area contributed by atoms with E-state index in [4.69, 9.17) is 4.74 Å². The van der Waals surface area contributed by atoms with Gasteiger partial charge in [-0.2, -0.15) is 0 Å². The lowest BCUT2D eigenvalue weighted by atomic mass is 9.88. The molecule has 0 radical (unpaired) electrons. The lowest BCUT2D eigenvalue weighted by Crippen LogP contribution is -2.40. The van der Waals surface area contributed by atoms with Crippen molar-refractivity contribution in [1.29, 1.82) is 0 Å². The van der Waals surface area contributed by atoms with Gasteiger partial charge in [-0.05, 0) is 68.1 Å². The Morgan fingerprint density at radius 1 is 1.00 bits per heavy atom. The van der Waals surface area contributed by atoms with Crippen LogP contribution in [0.5, 0.6) is 5.75 Å². The van der Waals surface area contributed by atoms with Crippen LogP contribution in [0.3, 0.4) is 0 Å². The predicted octanol–water partition coefficient (Wildman–Crippen LogP) is 3.37. The van der Waals surface area contributed by atoms with Gasteiger partial charge in [0.2, 0.25) is 0 Å². The molecular weight excluding hydrogens is 368 g/mol. The van der Waals surface area contributed by atoms with Crippen LogP contribution in [0.1, 0.15) is 44.7 Å². The zero-order valence-corrected chi connectivity index (χ0v) is 16.7. The Kier molecular flexibility index (Phi) is 5.09. The second kappa shape index (κ2) is 7.70. The third-order valence-corrected chi connectivity index (χ3v) is 5.80. The molecule has 2 aromatic carbocycles. The molecule has 1 N–H and O–H groups in total. The molecule has 2 amide bonds. The highest BCUT2D eigenvalue weighted by atomic mass is 16.5. The van der Waals surface area contributed by atoms with Crippen LogP contribution in [0.25, 0.3) is 0 Å². The topological polar surface area (TPSA) is 75.7 Å². The quantitative estimate of drug-likeness (QED) is 0.813. The van der Waals surface area contributed by atoms with Gasteiger partial charge < -0.3 is 15.0 Å². The van der Waals surface area contributed by atoms with Gasteiger partial charge in [-0.25, -0.2) is 0 Å². The maximum Gasteiger partial charge on any atom is 0.262 e. The fraction of sp³-hybridized carbons (Fsp3) is 0.348. The number of anilines is 1. The smallest absolute Gasteiger partial charge is 0.262 e. The third-order valence-electron chi connectivity index (χ3n) is 5.80. The molecule has 4 rings (SSSR count). The molecule has 0 saturated carbocycles. The fourth-order valence-electron chi connectivity index (χ4n) is 3.87. The minimum Gasteiger partial charge on any atom is -0.482 e. The zero-order valence-electron chi connectivity index (χ0n) is 16.7. The standard InChI is InChI=1S/C23H24N2O4/c1-14-3-4-18(11-15(14)2)23(28)25-9-7-16(8-10-25)22(27)17-5-6-20-19(12-17)24-21(26)13-29-20/h3-6,11-12,16H,7-10,13H2,1-2H3,(H,24,26). The second-order valence-electron chi connectivity index (χ2n) is 7.78. The number of Topliss-reactive ketones (excluding diaryl/α,β-unsaturated/α-hetero) is 1. The monoisotopic (exact) mass is 392 g/mol. The summed E-state index contributed by atoms with van der Waals surface area (Å²) < 4.78 is 5.35. The molecule has 2 aliphatic rings. The van der Waals surface area contributed by atoms with Gasteiger partial charge in [0.25, 0.3) is 11.8 Å². The normalized spacial score (nSPS) is 16.6. The molecule has 6 nitrogen and oxygen atoms in total. The minimum absolute atomic E-state index is 0.00666. The summed E-state index contributed by atoms with van der Waals surface area (Å²) in [5, 5.41) is 2.74. The average molecular weight is 392 g/mol. The number of fused-ring (bicyclic) bond motifs is 1. The molecule has 0 unspecified atom stereocenters. The number of hydrogen-bond acceptors (Lipinski definition) is 4. The molecule has 0 bridgehead atoms. The van der Waals surface area contributed by atoms with Crippen LogP contribution in [0.2, 0.25) is 0 Å². The third kappa shape index (κ3) is 3.88. The SMILES string of the molecule is Cc1ccc(C(=O)N2CCC(C(=O)c3ccc4c(c3)NC(=O)CO4)CC2)cc1C. The summed E-state index contributed by atoms with van der Waals surface area (Å²) >= 11 is 0. The summed E-state index contributed by atoms with van der Waals surface area (Å²) in [5.41, 5.74) is 4.06. The molecule has 6 heteroatoms. The van der Waals surface area contributed by atoms with E-state index in [-0.39, 0.29) is 30.1 Å². The van der Waals surface area contributed by atoms with Gasteiger partial charge >= 0.3 is 0 Å². The number of hydrogen-bond donors (Lipinski definition) is 1. The first kappa shape index (κ1) is 19.2. The van der Waals surface area contributed by atoms with Crippen molar-refractivity contribution < 1.29 is 19.1 Å². The molecule has 2 aromatic rings. The van der Waals surface area contributed by atoms with Crippen molar-refractivity contribution in [2.75, 3.05) is 25.0 Å². The van der Waals surface area contributed by atoms with E-state index in [0.717, 1.165) is 11.1 Å². The predicted molar refractivity (Wildman–Crippen MR) is 109 cm³/mol. The van der Waals surface area contributed by atoms with E-state index in [2.05, 4.69) is 5.32 Å². The number of nitrogens with zero attached hydrogens (tertiary/aromatic N) is 1. The molecule has 1 saturated heterocycles. The highest BCUT2D eigenvalue weighted by Gasteiger charge is 2.29. The number of likely N-dealkylation sites (tertiary alicyclic amines) is 1. The Balaban J connectivity index is 1.41. The van der Waals surface area contributed by atoms with Gasteiger partial charge in [0, 0.05) is 30.1 Å². The number of nitrogens with one attached hydrogen (secondary N) is 1. The van der Waals surface area contributed by atoms with Crippen LogP contribution in [0.15, 0.2) is 36.4 Å². The molecule has 2 heterocycles. The number of piperidine rings is 1. The Morgan fingerprint density at radius 3 is 2.45 bits per heavy atom. The van der Waals surface area contributed by atoms with Crippen molar-refractivity contribution in [3.05, 3.63) is 58.7 Å². The Hall–Kier alpha value is -3.15. The number of ether oxygens (including phenoxy) is 1. The summed E-state index contributed by atoms with van der Waals surface area (Å²) in [6.45, 7) is 5.15. The highest BCUT2D eigenvalue weighted by Crippen LogP contribution is 2.31. The van der Waals surface area contributed by atoms with Crippen LogP contribution in [-0.4, -0.2) is 42.2 Å². The highest BCUT2D eigenvalue weighted by molar-refractivity contribution is 6.02. The number of carbonyl (C=O) groups excluding carboxylic acids is 3. The van der Waals surface area contributed by atoms with Crippen LogP contribution < -0.4 is 10.1 Å². The minimum atomic E-state index is -0.222. The largest absolute Gasteiger partial charge is 0.482 e. The van der Waals surface area contributed by atoms with Gasteiger partial charge in [0.15, 0.2) is 12.4 Å². The molecule has 29 heavy (non-hydrogen) atoms. The van der Waals surface area contributed by atoms with Gasteiger partial charge in [-0.15, -0.1) is 0 Å². The van der Waals surface area contributed by atoms with E-state index >= 15 is 0 Å². The lowest BCUT2D eigenvalue weighted by molar-refractivity contribution is -0.118. The number of carbonyl (C=O) groups is 3. The number of amides is 2. The summed E-state index contributed by atoms with van der Waals surface area (Å²) in [4.78, 5) is 39.1. The number of benzene rings is 2. The Labute approximate surface area is 169 Å². The summed E-state index contributed by atoms with van der Waals surface area (Å²) in [7, 11) is 0. The van der Waals surface area contributed by atoms with E-state index in [1.165, 1.54) is 0 Å². The molecular formula is C23H24N2O4. The van der Waals surface area contributed by atoms with Crippen LogP contribution in [0, 0.1) is 19.8 Å². The molecule has 2 aliphatic heterocycles. The maximum absolute atomic E-state index is 12.9. The molecule has 0 aliphatic carbocycles. The van der Waals surface area contributed by atoms with Gasteiger partial charge in [0.1, 0.15) is 5.75 Å². The van der Waals surface area contributed by atoms with Crippen molar-refractivity contribution in [3.8, 4) is 5.75 Å². The van der Waals surface area contributed by atoms with E-state index in [1.54, 1.807) is 18.2 Å². The van der Waals surface area contributed by atoms with Crippen molar-refractivity contribution in [2.45, 2.75) is 26.7 Å². The molecule has 150 valence electrons. The van der Waals surface area contributed by atoms with Crippen molar-refractivity contribution in [1.82, 2.24) is 4.90 Å². The molecule has 0 atom stereocenters. The number of rotatable bonds is 3. The lowest BCUT2D eigenvalue weighted by Gasteiger charge is -2.31. The van der Waals surface area contributed by atoms with E-state index < -0.39 is 0 Å². The van der Waals surface area contributed by atoms with Crippen LogP contribution >= 0.6 is 0 Å². The van der Waals surface area contributed by atoms with E-state index in [1.807, 2.05) is 36.9 Å². The molecule has 1 fully saturated rings. The van der Waals surface area contributed by atoms with E-state index in [0.29, 0.717) is 48.5 Å². The maximum atomic E-state index is 12.9. The van der Waals surface area contributed by atoms with Gasteiger partial charge in [-0.1, -0.05) is 6.07 Å². The Morgan fingerprint density at radius 2 is 1.72 bits per heavy atom. The Bertz CT molecular complexity index is 990. The van der Waals surface area contributed by atoms with Gasteiger partial charge in [-0.3, -0.25) is 14.4 Å². The first-order valence-corrected chi connectivity index (χ1v) is 9.90. The van der Waals surface area contributed by atoms with Crippen molar-refractivity contribution >= 4 is 23.3 Å². The number of aryl methyl sites for hydroxylation is 2. The van der Waals surface area contributed by atoms with Crippen LogP contribution in [-0.2, 0) is 4.79 Å². The van der Waals surface area contributed by atoms with Crippen molar-refractivity contribution in [3.63, 3.8) is 0 Å². The van der Waals surface area contributed by atoms with Crippen molar-refractivity contribution in [2.24, 2.45) is 5.92 Å². The van der Waals surface area contributed by atoms with E-state index in [9.17, 15) is 14.4 Å². The first-order chi connectivity index (χ1) is 13.9. The second-order valence-corrected chi connectivity index (χ2v) is 7.78. The van der Waals surface area contributed by atoms with Gasteiger partial charge in [0.05, 0.1) is 5.69 Å². The zero-order chi connectivity index (χ0) is 20.5. The average Bonchev–Trinajstić information content (AvgIpc) is 2.74. The molecule has 0 aromatic heterocycles. The fourth-order valence-corrected chi connectivity index (χ4v) is 3.87. The molecule has 0 spiro atoms. The first-order valence-electron chi connectivity index (χ1n) is 9.90. The summed E-state index contributed by atoms with van der Waals surface area (Å²) in [6, 6.07) is 10.9. The number of ketones is 1. The summed E-state index contributed by atoms with van der Waals surface area (Å²) in [6.07, 6.45) is 1.27. The summed E-state index contributed by atoms with van der Waals surface area (Å²) in [5.74, 6) is 0.297.